The van der Waals surface area contributed by atoms with Gasteiger partial charge in [-0.1, -0.05) is 26.0 Å². The van der Waals surface area contributed by atoms with E-state index in [1.165, 1.54) is 11.1 Å². The average molecular weight is 222 g/mol. The second-order valence-electron chi connectivity index (χ2n) is 4.19. The van der Waals surface area contributed by atoms with Crippen LogP contribution in [0.15, 0.2) is 18.2 Å². The number of ether oxygens (including phenoxy) is 1. The van der Waals surface area contributed by atoms with E-state index < -0.39 is 0 Å². The van der Waals surface area contributed by atoms with Crippen molar-refractivity contribution in [1.82, 2.24) is 5.32 Å². The van der Waals surface area contributed by atoms with Crippen LogP contribution in [0.4, 0.5) is 0 Å². The normalized spacial score (nSPS) is 10.8. The predicted molar refractivity (Wildman–Crippen MR) is 67.8 cm³/mol. The van der Waals surface area contributed by atoms with Crippen LogP contribution in [0.1, 0.15) is 30.9 Å². The van der Waals surface area contributed by atoms with Gasteiger partial charge in [0.05, 0.1) is 7.11 Å². The number of hydrogen-bond donors (Lipinski definition) is 2. The zero-order valence-corrected chi connectivity index (χ0v) is 10.4. The largest absolute Gasteiger partial charge is 0.496 e. The summed E-state index contributed by atoms with van der Waals surface area (Å²) in [6.07, 6.45) is 0. The molecule has 3 heteroatoms. The summed E-state index contributed by atoms with van der Waals surface area (Å²) in [6.45, 7) is 6.66. The van der Waals surface area contributed by atoms with Gasteiger partial charge in [0.2, 0.25) is 0 Å². The van der Waals surface area contributed by atoms with E-state index in [1.807, 2.05) is 0 Å². The topological polar surface area (TPSA) is 47.3 Å². The summed E-state index contributed by atoms with van der Waals surface area (Å²) in [5, 5.41) is 3.27. The maximum Gasteiger partial charge on any atom is 0.123 e. The third-order valence-corrected chi connectivity index (χ3v) is 2.61. The van der Waals surface area contributed by atoms with Crippen LogP contribution in [0.2, 0.25) is 0 Å². The minimum absolute atomic E-state index is 0.528. The van der Waals surface area contributed by atoms with Gasteiger partial charge in [-0.15, -0.1) is 0 Å². The second-order valence-corrected chi connectivity index (χ2v) is 4.19. The number of hydrogen-bond acceptors (Lipinski definition) is 3. The van der Waals surface area contributed by atoms with Crippen molar-refractivity contribution in [1.29, 1.82) is 0 Å². The maximum atomic E-state index is 5.43. The second kappa shape index (κ2) is 6.51. The molecule has 0 atom stereocenters. The molecule has 0 aliphatic heterocycles. The zero-order chi connectivity index (χ0) is 12.0. The highest BCUT2D eigenvalue weighted by Gasteiger charge is 2.06. The molecule has 0 fully saturated rings. The standard InChI is InChI=1S/C13H22N2O/c1-10(2)11-4-5-12(9-15-7-6-14)13(8-11)16-3/h4-5,8,10,15H,6-7,9,14H2,1-3H3. The number of rotatable bonds is 6. The van der Waals surface area contributed by atoms with Gasteiger partial charge in [-0.05, 0) is 17.5 Å². The number of benzene rings is 1. The number of methoxy groups -OCH3 is 1. The fourth-order valence-electron chi connectivity index (χ4n) is 1.59. The predicted octanol–water partition coefficient (Wildman–Crippen LogP) is 1.87. The Labute approximate surface area is 98.0 Å². The van der Waals surface area contributed by atoms with E-state index in [1.54, 1.807) is 7.11 Å². The summed E-state index contributed by atoms with van der Waals surface area (Å²) >= 11 is 0. The maximum absolute atomic E-state index is 5.43. The molecule has 0 aromatic heterocycles. The SMILES string of the molecule is COc1cc(C(C)C)ccc1CNCCN. The molecular weight excluding hydrogens is 200 g/mol. The van der Waals surface area contributed by atoms with Gasteiger partial charge in [0.15, 0.2) is 0 Å². The Morgan fingerprint density at radius 2 is 2.12 bits per heavy atom. The fourth-order valence-corrected chi connectivity index (χ4v) is 1.59. The first-order valence-corrected chi connectivity index (χ1v) is 5.76. The lowest BCUT2D eigenvalue weighted by atomic mass is 10.0. The van der Waals surface area contributed by atoms with E-state index in [0.717, 1.165) is 18.8 Å². The summed E-state index contributed by atoms with van der Waals surface area (Å²) in [5.41, 5.74) is 7.92. The highest BCUT2D eigenvalue weighted by atomic mass is 16.5. The molecule has 3 nitrogen and oxygen atoms in total. The Kier molecular flexibility index (Phi) is 5.29. The minimum Gasteiger partial charge on any atom is -0.496 e. The van der Waals surface area contributed by atoms with Gasteiger partial charge in [-0.25, -0.2) is 0 Å². The van der Waals surface area contributed by atoms with Crippen LogP contribution in [0.25, 0.3) is 0 Å². The molecule has 0 saturated heterocycles. The Morgan fingerprint density at radius 3 is 2.69 bits per heavy atom. The van der Waals surface area contributed by atoms with Gasteiger partial charge in [-0.2, -0.15) is 0 Å². The first-order chi connectivity index (χ1) is 7.69. The molecule has 90 valence electrons. The molecule has 0 saturated carbocycles. The lowest BCUT2D eigenvalue weighted by molar-refractivity contribution is 0.407. The molecule has 1 rings (SSSR count). The Morgan fingerprint density at radius 1 is 1.38 bits per heavy atom. The number of nitrogens with one attached hydrogen (secondary N) is 1. The Balaban J connectivity index is 2.76. The zero-order valence-electron chi connectivity index (χ0n) is 10.4. The molecular formula is C13H22N2O. The average Bonchev–Trinajstić information content (AvgIpc) is 2.29. The molecule has 0 bridgehead atoms. The van der Waals surface area contributed by atoms with E-state index >= 15 is 0 Å². The van der Waals surface area contributed by atoms with E-state index in [-0.39, 0.29) is 0 Å². The molecule has 16 heavy (non-hydrogen) atoms. The molecule has 0 aliphatic rings. The van der Waals surface area contributed by atoms with Crippen molar-refractivity contribution in [2.75, 3.05) is 20.2 Å². The molecule has 0 spiro atoms. The third kappa shape index (κ3) is 3.51. The quantitative estimate of drug-likeness (QED) is 0.722. The van der Waals surface area contributed by atoms with Crippen molar-refractivity contribution < 1.29 is 4.74 Å². The fraction of sp³-hybridized carbons (Fsp3) is 0.538. The van der Waals surface area contributed by atoms with E-state index in [2.05, 4.69) is 37.4 Å². The van der Waals surface area contributed by atoms with Crippen LogP contribution in [0.5, 0.6) is 5.75 Å². The van der Waals surface area contributed by atoms with Crippen LogP contribution in [0, 0.1) is 0 Å². The summed E-state index contributed by atoms with van der Waals surface area (Å²) in [7, 11) is 1.71. The Hall–Kier alpha value is -1.06. The molecule has 3 N–H and O–H groups in total. The summed E-state index contributed by atoms with van der Waals surface area (Å²) in [5.74, 6) is 1.48. The van der Waals surface area contributed by atoms with Crippen LogP contribution in [-0.2, 0) is 6.54 Å². The highest BCUT2D eigenvalue weighted by Crippen LogP contribution is 2.24. The van der Waals surface area contributed by atoms with Gasteiger partial charge in [0.1, 0.15) is 5.75 Å². The van der Waals surface area contributed by atoms with Crippen molar-refractivity contribution in [2.45, 2.75) is 26.3 Å². The van der Waals surface area contributed by atoms with Crippen LogP contribution >= 0.6 is 0 Å². The third-order valence-electron chi connectivity index (χ3n) is 2.61. The van der Waals surface area contributed by atoms with Crippen LogP contribution in [-0.4, -0.2) is 20.2 Å². The highest BCUT2D eigenvalue weighted by molar-refractivity contribution is 5.38. The molecule has 0 heterocycles. The molecule has 0 unspecified atom stereocenters. The summed E-state index contributed by atoms with van der Waals surface area (Å²) in [4.78, 5) is 0. The summed E-state index contributed by atoms with van der Waals surface area (Å²) in [6, 6.07) is 6.40. The van der Waals surface area contributed by atoms with E-state index in [4.69, 9.17) is 10.5 Å². The summed E-state index contributed by atoms with van der Waals surface area (Å²) < 4.78 is 5.40. The van der Waals surface area contributed by atoms with Gasteiger partial charge in [0.25, 0.3) is 0 Å². The van der Waals surface area contributed by atoms with Gasteiger partial charge >= 0.3 is 0 Å². The lowest BCUT2D eigenvalue weighted by Gasteiger charge is -2.13. The monoisotopic (exact) mass is 222 g/mol. The first kappa shape index (κ1) is 13.0. The lowest BCUT2D eigenvalue weighted by Crippen LogP contribution is -2.22. The van der Waals surface area contributed by atoms with Gasteiger partial charge in [0, 0.05) is 25.2 Å². The van der Waals surface area contributed by atoms with E-state index in [9.17, 15) is 0 Å². The van der Waals surface area contributed by atoms with Gasteiger partial charge in [-0.3, -0.25) is 0 Å². The van der Waals surface area contributed by atoms with Crippen LogP contribution < -0.4 is 15.8 Å². The molecule has 0 aliphatic carbocycles. The molecule has 1 aromatic carbocycles. The molecule has 1 aromatic rings. The molecule has 0 radical (unpaired) electrons. The number of nitrogens with two attached hydrogens (primary N) is 1. The smallest absolute Gasteiger partial charge is 0.123 e. The van der Waals surface area contributed by atoms with Crippen LogP contribution in [0.3, 0.4) is 0 Å². The van der Waals surface area contributed by atoms with Crippen molar-refractivity contribution in [2.24, 2.45) is 5.73 Å². The van der Waals surface area contributed by atoms with Crippen molar-refractivity contribution in [3.05, 3.63) is 29.3 Å². The minimum atomic E-state index is 0.528. The first-order valence-electron chi connectivity index (χ1n) is 5.76. The van der Waals surface area contributed by atoms with Crippen molar-refractivity contribution >= 4 is 0 Å². The Bertz CT molecular complexity index is 324. The van der Waals surface area contributed by atoms with Crippen molar-refractivity contribution in [3.8, 4) is 5.75 Å². The molecule has 0 amide bonds. The van der Waals surface area contributed by atoms with Crippen molar-refractivity contribution in [3.63, 3.8) is 0 Å². The van der Waals surface area contributed by atoms with E-state index in [0.29, 0.717) is 12.5 Å². The van der Waals surface area contributed by atoms with Gasteiger partial charge < -0.3 is 15.8 Å².